The van der Waals surface area contributed by atoms with Gasteiger partial charge < -0.3 is 14.7 Å². The molecule has 1 aromatic rings. The molecule has 0 radical (unpaired) electrons. The van der Waals surface area contributed by atoms with Gasteiger partial charge in [0.25, 0.3) is 0 Å². The third-order valence-corrected chi connectivity index (χ3v) is 5.61. The molecule has 6 heteroatoms. The summed E-state index contributed by atoms with van der Waals surface area (Å²) in [5, 5.41) is 19.2. The number of benzene rings is 1. The highest BCUT2D eigenvalue weighted by atomic mass is 16.5. The second-order valence-electron chi connectivity index (χ2n) is 7.89. The van der Waals surface area contributed by atoms with Gasteiger partial charge in [0, 0.05) is 45.2 Å². The van der Waals surface area contributed by atoms with Crippen molar-refractivity contribution in [1.29, 1.82) is 5.26 Å². The minimum Gasteiger partial charge on any atom is -0.491 e. The Bertz CT molecular complexity index is 600. The van der Waals surface area contributed by atoms with Crippen molar-refractivity contribution in [3.05, 3.63) is 29.8 Å². The molecule has 1 N–H and O–H groups in total. The van der Waals surface area contributed by atoms with Crippen molar-refractivity contribution in [2.24, 2.45) is 5.92 Å². The van der Waals surface area contributed by atoms with E-state index in [-0.39, 0.29) is 5.92 Å². The first kappa shape index (κ1) is 20.1. The Morgan fingerprint density at radius 2 is 1.74 bits per heavy atom. The number of hydrogen-bond acceptors (Lipinski definition) is 6. The van der Waals surface area contributed by atoms with Crippen molar-refractivity contribution >= 4 is 0 Å². The van der Waals surface area contributed by atoms with E-state index in [0.717, 1.165) is 64.4 Å². The monoisotopic (exact) mass is 372 g/mol. The number of nitrogens with zero attached hydrogens (tertiary/aromatic N) is 4. The largest absolute Gasteiger partial charge is 0.491 e. The standard InChI is InChI=1S/C21H32N4O2/c1-23-10-12-25(13-11-23)16-20(26)17-27-21-4-2-19(3-5-21)15-24-8-6-18(14-22)7-9-24/h2-5,18,20,26H,6-13,15-17H2,1H3. The molecule has 0 saturated carbocycles. The van der Waals surface area contributed by atoms with E-state index in [1.165, 1.54) is 5.56 Å². The van der Waals surface area contributed by atoms with Crippen LogP contribution >= 0.6 is 0 Å². The van der Waals surface area contributed by atoms with Gasteiger partial charge in [-0.1, -0.05) is 12.1 Å². The molecule has 2 aliphatic heterocycles. The van der Waals surface area contributed by atoms with E-state index < -0.39 is 6.10 Å². The molecule has 3 rings (SSSR count). The van der Waals surface area contributed by atoms with Crippen LogP contribution in [0.25, 0.3) is 0 Å². The van der Waals surface area contributed by atoms with E-state index >= 15 is 0 Å². The maximum Gasteiger partial charge on any atom is 0.119 e. The first-order valence-corrected chi connectivity index (χ1v) is 10.0. The molecule has 2 heterocycles. The number of likely N-dealkylation sites (N-methyl/N-ethyl adjacent to an activating group) is 1. The number of piperidine rings is 1. The molecular weight excluding hydrogens is 340 g/mol. The zero-order chi connectivity index (χ0) is 19.1. The molecule has 1 unspecified atom stereocenters. The molecule has 0 bridgehead atoms. The second kappa shape index (κ2) is 10.0. The van der Waals surface area contributed by atoms with Crippen LogP contribution in [-0.2, 0) is 6.54 Å². The van der Waals surface area contributed by atoms with Crippen LogP contribution in [0.15, 0.2) is 24.3 Å². The van der Waals surface area contributed by atoms with Gasteiger partial charge in [0.15, 0.2) is 0 Å². The van der Waals surface area contributed by atoms with Crippen molar-refractivity contribution in [2.45, 2.75) is 25.5 Å². The van der Waals surface area contributed by atoms with Crippen LogP contribution in [0.4, 0.5) is 0 Å². The average Bonchev–Trinajstić information content (AvgIpc) is 2.70. The Labute approximate surface area is 162 Å². The van der Waals surface area contributed by atoms with Crippen LogP contribution in [0.3, 0.4) is 0 Å². The van der Waals surface area contributed by atoms with Crippen LogP contribution in [0.2, 0.25) is 0 Å². The number of hydrogen-bond donors (Lipinski definition) is 1. The molecule has 27 heavy (non-hydrogen) atoms. The van der Waals surface area contributed by atoms with E-state index in [1.807, 2.05) is 12.1 Å². The van der Waals surface area contributed by atoms with E-state index in [4.69, 9.17) is 10.00 Å². The molecule has 148 valence electrons. The highest BCUT2D eigenvalue weighted by Gasteiger charge is 2.19. The summed E-state index contributed by atoms with van der Waals surface area (Å²) in [4.78, 5) is 7.02. The highest BCUT2D eigenvalue weighted by molar-refractivity contribution is 5.27. The SMILES string of the molecule is CN1CCN(CC(O)COc2ccc(CN3CCC(C#N)CC3)cc2)CC1. The Kier molecular flexibility index (Phi) is 7.48. The second-order valence-corrected chi connectivity index (χ2v) is 7.89. The van der Waals surface area contributed by atoms with Crippen LogP contribution in [0.5, 0.6) is 5.75 Å². The minimum absolute atomic E-state index is 0.231. The lowest BCUT2D eigenvalue weighted by Crippen LogP contribution is -2.47. The molecule has 2 saturated heterocycles. The van der Waals surface area contributed by atoms with Gasteiger partial charge in [-0.2, -0.15) is 5.26 Å². The van der Waals surface area contributed by atoms with Crippen LogP contribution in [0, 0.1) is 17.2 Å². The summed E-state index contributed by atoms with van der Waals surface area (Å²) in [5.74, 6) is 1.04. The van der Waals surface area contributed by atoms with Gasteiger partial charge >= 0.3 is 0 Å². The van der Waals surface area contributed by atoms with Gasteiger partial charge in [-0.3, -0.25) is 9.80 Å². The first-order chi connectivity index (χ1) is 13.1. The lowest BCUT2D eigenvalue weighted by Gasteiger charge is -2.33. The smallest absolute Gasteiger partial charge is 0.119 e. The number of β-amino-alcohol motifs (C(OH)–C–C–N with tert-alkyl or cyclic N) is 1. The molecule has 2 fully saturated rings. The van der Waals surface area contributed by atoms with Gasteiger partial charge in [-0.25, -0.2) is 0 Å². The maximum absolute atomic E-state index is 10.2. The summed E-state index contributed by atoms with van der Waals surface area (Å²) >= 11 is 0. The molecule has 1 atom stereocenters. The first-order valence-electron chi connectivity index (χ1n) is 10.0. The molecule has 0 amide bonds. The number of nitriles is 1. The molecule has 1 aromatic carbocycles. The Balaban J connectivity index is 1.37. The summed E-state index contributed by atoms with van der Waals surface area (Å²) in [6.07, 6.45) is 1.49. The summed E-state index contributed by atoms with van der Waals surface area (Å²) in [7, 11) is 2.13. The number of aliphatic hydroxyl groups excluding tert-OH is 1. The van der Waals surface area contributed by atoms with Crippen LogP contribution < -0.4 is 4.74 Å². The predicted octanol–water partition coefficient (Wildman–Crippen LogP) is 1.41. The minimum atomic E-state index is -0.463. The number of rotatable bonds is 7. The topological polar surface area (TPSA) is 63.0 Å². The molecule has 0 aliphatic carbocycles. The Hall–Kier alpha value is -1.65. The summed E-state index contributed by atoms with van der Waals surface area (Å²) in [6.45, 7) is 8.04. The van der Waals surface area contributed by atoms with E-state index in [0.29, 0.717) is 13.2 Å². The molecule has 0 spiro atoms. The van der Waals surface area contributed by atoms with Crippen molar-refractivity contribution in [1.82, 2.24) is 14.7 Å². The molecule has 2 aliphatic rings. The number of likely N-dealkylation sites (tertiary alicyclic amines) is 1. The zero-order valence-electron chi connectivity index (χ0n) is 16.4. The quantitative estimate of drug-likeness (QED) is 0.781. The Morgan fingerprint density at radius 3 is 2.37 bits per heavy atom. The van der Waals surface area contributed by atoms with Gasteiger partial charge in [-0.15, -0.1) is 0 Å². The van der Waals surface area contributed by atoms with Crippen molar-refractivity contribution in [3.63, 3.8) is 0 Å². The third-order valence-electron chi connectivity index (χ3n) is 5.61. The number of ether oxygens (including phenoxy) is 1. The predicted molar refractivity (Wildman–Crippen MR) is 105 cm³/mol. The molecule has 6 nitrogen and oxygen atoms in total. The highest BCUT2D eigenvalue weighted by Crippen LogP contribution is 2.19. The summed E-state index contributed by atoms with van der Waals surface area (Å²) < 4.78 is 5.77. The lowest BCUT2D eigenvalue weighted by molar-refractivity contribution is 0.0505. The Morgan fingerprint density at radius 1 is 1.07 bits per heavy atom. The van der Waals surface area contributed by atoms with E-state index in [2.05, 4.69) is 39.9 Å². The number of piperazine rings is 1. The fraction of sp³-hybridized carbons (Fsp3) is 0.667. The van der Waals surface area contributed by atoms with Crippen molar-refractivity contribution < 1.29 is 9.84 Å². The average molecular weight is 373 g/mol. The number of aliphatic hydroxyl groups is 1. The van der Waals surface area contributed by atoms with Gasteiger partial charge in [0.2, 0.25) is 0 Å². The van der Waals surface area contributed by atoms with E-state index in [1.54, 1.807) is 0 Å². The van der Waals surface area contributed by atoms with Crippen molar-refractivity contribution in [2.75, 3.05) is 59.5 Å². The third kappa shape index (κ3) is 6.47. The molecule has 0 aromatic heterocycles. The normalized spacial score (nSPS) is 21.7. The van der Waals surface area contributed by atoms with Gasteiger partial charge in [-0.05, 0) is 50.7 Å². The molecular formula is C21H32N4O2. The van der Waals surface area contributed by atoms with Gasteiger partial charge in [0.1, 0.15) is 18.5 Å². The maximum atomic E-state index is 10.2. The fourth-order valence-corrected chi connectivity index (χ4v) is 3.74. The van der Waals surface area contributed by atoms with Gasteiger partial charge in [0.05, 0.1) is 6.07 Å². The summed E-state index contributed by atoms with van der Waals surface area (Å²) in [6, 6.07) is 10.5. The fourth-order valence-electron chi connectivity index (χ4n) is 3.74. The van der Waals surface area contributed by atoms with E-state index in [9.17, 15) is 5.11 Å². The van der Waals surface area contributed by atoms with Crippen LogP contribution in [0.1, 0.15) is 18.4 Å². The van der Waals surface area contributed by atoms with Crippen molar-refractivity contribution in [3.8, 4) is 11.8 Å². The zero-order valence-corrected chi connectivity index (χ0v) is 16.4. The lowest BCUT2D eigenvalue weighted by atomic mass is 9.98. The van der Waals surface area contributed by atoms with Crippen LogP contribution in [-0.4, -0.2) is 85.4 Å². The summed E-state index contributed by atoms with van der Waals surface area (Å²) in [5.41, 5.74) is 1.26.